The summed E-state index contributed by atoms with van der Waals surface area (Å²) in [6, 6.07) is 9.73. The number of methoxy groups -OCH3 is 1. The molecular formula is C21H25N3O3. The number of carbonyl (C=O) groups excluding carboxylic acids is 2. The van der Waals surface area contributed by atoms with Crippen molar-refractivity contribution in [3.63, 3.8) is 0 Å². The van der Waals surface area contributed by atoms with Crippen molar-refractivity contribution in [2.24, 2.45) is 11.1 Å². The van der Waals surface area contributed by atoms with Gasteiger partial charge in [-0.3, -0.25) is 14.6 Å². The molecule has 6 heteroatoms. The highest BCUT2D eigenvalue weighted by molar-refractivity contribution is 5.94. The molecule has 0 bridgehead atoms. The lowest BCUT2D eigenvalue weighted by Gasteiger charge is -2.37. The number of hydrogen-bond acceptors (Lipinski definition) is 4. The van der Waals surface area contributed by atoms with Crippen molar-refractivity contribution in [3.05, 3.63) is 59.4 Å². The number of amides is 2. The molecule has 1 aromatic carbocycles. The highest BCUT2D eigenvalue weighted by atomic mass is 16.5. The van der Waals surface area contributed by atoms with E-state index in [2.05, 4.69) is 4.98 Å². The number of hydrogen-bond donors (Lipinski definition) is 1. The summed E-state index contributed by atoms with van der Waals surface area (Å²) in [6.07, 6.45) is 5.22. The van der Waals surface area contributed by atoms with Crippen molar-refractivity contribution in [1.82, 2.24) is 9.88 Å². The lowest BCUT2D eigenvalue weighted by atomic mass is 9.79. The van der Waals surface area contributed by atoms with E-state index in [4.69, 9.17) is 10.5 Å². The molecule has 0 atom stereocenters. The third-order valence-corrected chi connectivity index (χ3v) is 5.33. The average molecular weight is 367 g/mol. The van der Waals surface area contributed by atoms with E-state index in [1.165, 1.54) is 0 Å². The number of primary amides is 1. The molecule has 2 amide bonds. The van der Waals surface area contributed by atoms with Crippen LogP contribution in [0.25, 0.3) is 0 Å². The van der Waals surface area contributed by atoms with E-state index >= 15 is 0 Å². The van der Waals surface area contributed by atoms with Gasteiger partial charge in [0, 0.05) is 30.9 Å². The van der Waals surface area contributed by atoms with Gasteiger partial charge >= 0.3 is 0 Å². The summed E-state index contributed by atoms with van der Waals surface area (Å²) < 4.78 is 5.26. The molecular weight excluding hydrogens is 342 g/mol. The maximum absolute atomic E-state index is 12.8. The minimum absolute atomic E-state index is 0.0542. The molecule has 1 fully saturated rings. The van der Waals surface area contributed by atoms with E-state index in [9.17, 15) is 9.59 Å². The number of piperidine rings is 1. The minimum Gasteiger partial charge on any atom is -0.497 e. The van der Waals surface area contributed by atoms with Crippen LogP contribution >= 0.6 is 0 Å². The van der Waals surface area contributed by atoms with Crippen LogP contribution in [-0.4, -0.2) is 41.9 Å². The summed E-state index contributed by atoms with van der Waals surface area (Å²) in [5, 5.41) is 0. The van der Waals surface area contributed by atoms with E-state index in [1.807, 2.05) is 37.3 Å². The van der Waals surface area contributed by atoms with E-state index in [0.29, 0.717) is 37.9 Å². The van der Waals surface area contributed by atoms with Gasteiger partial charge in [-0.05, 0) is 48.6 Å². The number of pyridine rings is 1. The number of likely N-dealkylation sites (tertiary alicyclic amines) is 1. The summed E-state index contributed by atoms with van der Waals surface area (Å²) in [5.41, 5.74) is 7.59. The first-order valence-corrected chi connectivity index (χ1v) is 9.07. The molecule has 27 heavy (non-hydrogen) atoms. The summed E-state index contributed by atoms with van der Waals surface area (Å²) in [4.78, 5) is 30.4. The van der Waals surface area contributed by atoms with Crippen LogP contribution in [0.5, 0.6) is 5.75 Å². The molecule has 3 rings (SSSR count). The van der Waals surface area contributed by atoms with Crippen molar-refractivity contribution in [3.8, 4) is 5.75 Å². The van der Waals surface area contributed by atoms with E-state index in [0.717, 1.165) is 16.9 Å². The van der Waals surface area contributed by atoms with Crippen molar-refractivity contribution in [1.29, 1.82) is 0 Å². The van der Waals surface area contributed by atoms with Crippen LogP contribution < -0.4 is 10.5 Å². The number of nitrogens with zero attached hydrogens (tertiary/aromatic N) is 2. The second-order valence-corrected chi connectivity index (χ2v) is 7.33. The topological polar surface area (TPSA) is 85.5 Å². The monoisotopic (exact) mass is 367 g/mol. The average Bonchev–Trinajstić information content (AvgIpc) is 2.68. The lowest BCUT2D eigenvalue weighted by molar-refractivity contribution is -0.129. The van der Waals surface area contributed by atoms with Crippen LogP contribution in [-0.2, 0) is 11.2 Å². The molecule has 0 radical (unpaired) electrons. The first kappa shape index (κ1) is 18.9. The summed E-state index contributed by atoms with van der Waals surface area (Å²) in [5.74, 6) is 0.455. The molecule has 1 aliphatic heterocycles. The molecule has 142 valence electrons. The zero-order valence-electron chi connectivity index (χ0n) is 15.8. The summed E-state index contributed by atoms with van der Waals surface area (Å²) in [6.45, 7) is 2.92. The number of nitrogens with two attached hydrogens (primary N) is 1. The Kier molecular flexibility index (Phi) is 5.44. The van der Waals surface area contributed by atoms with Crippen LogP contribution in [0.3, 0.4) is 0 Å². The van der Waals surface area contributed by atoms with Crippen LogP contribution in [0.2, 0.25) is 0 Å². The Morgan fingerprint density at radius 2 is 1.93 bits per heavy atom. The maximum Gasteiger partial charge on any atom is 0.255 e. The van der Waals surface area contributed by atoms with Crippen LogP contribution in [0.4, 0.5) is 0 Å². The van der Waals surface area contributed by atoms with Gasteiger partial charge in [0.15, 0.2) is 0 Å². The van der Waals surface area contributed by atoms with Crippen LogP contribution in [0.1, 0.15) is 41.3 Å². The molecule has 2 aromatic rings. The van der Waals surface area contributed by atoms with E-state index in [1.54, 1.807) is 24.4 Å². The predicted molar refractivity (Wildman–Crippen MR) is 102 cm³/mol. The fourth-order valence-corrected chi connectivity index (χ4v) is 3.35. The third kappa shape index (κ3) is 4.27. The number of ether oxygens (including phenoxy) is 1. The van der Waals surface area contributed by atoms with Gasteiger partial charge in [-0.2, -0.15) is 0 Å². The summed E-state index contributed by atoms with van der Waals surface area (Å²) in [7, 11) is 1.64. The van der Waals surface area contributed by atoms with Gasteiger partial charge in [-0.15, -0.1) is 0 Å². The van der Waals surface area contributed by atoms with Gasteiger partial charge in [0.1, 0.15) is 5.75 Å². The largest absolute Gasteiger partial charge is 0.497 e. The van der Waals surface area contributed by atoms with Gasteiger partial charge < -0.3 is 15.4 Å². The van der Waals surface area contributed by atoms with Gasteiger partial charge in [0.25, 0.3) is 5.91 Å². The zero-order chi connectivity index (χ0) is 19.4. The predicted octanol–water partition coefficient (Wildman–Crippen LogP) is 2.41. The van der Waals surface area contributed by atoms with Crippen LogP contribution in [0, 0.1) is 5.41 Å². The minimum atomic E-state index is -0.525. The number of aromatic nitrogens is 1. The fraction of sp³-hybridized carbons (Fsp3) is 0.381. The molecule has 2 N–H and O–H groups in total. The van der Waals surface area contributed by atoms with Crippen molar-refractivity contribution >= 4 is 11.8 Å². The van der Waals surface area contributed by atoms with Crippen molar-refractivity contribution < 1.29 is 14.3 Å². The van der Waals surface area contributed by atoms with Crippen molar-refractivity contribution in [2.45, 2.75) is 26.2 Å². The molecule has 0 spiro atoms. The quantitative estimate of drug-likeness (QED) is 0.879. The Hall–Kier alpha value is -2.89. The lowest BCUT2D eigenvalue weighted by Crippen LogP contribution is -2.47. The van der Waals surface area contributed by atoms with Gasteiger partial charge in [-0.1, -0.05) is 19.1 Å². The SMILES string of the molecule is COc1cccc(Cc2cncc(C(=O)N3CCC(C)(C(N)=O)CC3)c2)c1. The summed E-state index contributed by atoms with van der Waals surface area (Å²) >= 11 is 0. The number of benzene rings is 1. The Labute approximate surface area is 159 Å². The highest BCUT2D eigenvalue weighted by Gasteiger charge is 2.36. The Bertz CT molecular complexity index is 842. The van der Waals surface area contributed by atoms with Gasteiger partial charge in [0.2, 0.25) is 5.91 Å². The van der Waals surface area contributed by atoms with Gasteiger partial charge in [0.05, 0.1) is 12.7 Å². The Balaban J connectivity index is 1.70. The van der Waals surface area contributed by atoms with Gasteiger partial charge in [-0.25, -0.2) is 0 Å². The van der Waals surface area contributed by atoms with E-state index in [-0.39, 0.29) is 11.8 Å². The standard InChI is InChI=1S/C21H25N3O3/c1-21(20(22)26)6-8-24(9-7-21)19(25)17-11-16(13-23-14-17)10-15-4-3-5-18(12-15)27-2/h3-5,11-14H,6-10H2,1-2H3,(H2,22,26). The first-order chi connectivity index (χ1) is 12.9. The second-order valence-electron chi connectivity index (χ2n) is 7.33. The molecule has 1 aliphatic rings. The molecule has 6 nitrogen and oxygen atoms in total. The Morgan fingerprint density at radius 1 is 1.19 bits per heavy atom. The molecule has 0 aliphatic carbocycles. The normalized spacial score (nSPS) is 16.0. The number of carbonyl (C=O) groups is 2. The molecule has 0 unspecified atom stereocenters. The first-order valence-electron chi connectivity index (χ1n) is 9.07. The molecule has 0 saturated carbocycles. The Morgan fingerprint density at radius 3 is 2.59 bits per heavy atom. The highest BCUT2D eigenvalue weighted by Crippen LogP contribution is 2.31. The zero-order valence-corrected chi connectivity index (χ0v) is 15.8. The third-order valence-electron chi connectivity index (χ3n) is 5.33. The number of rotatable bonds is 5. The fourth-order valence-electron chi connectivity index (χ4n) is 3.35. The molecule has 1 saturated heterocycles. The van der Waals surface area contributed by atoms with Crippen molar-refractivity contribution in [2.75, 3.05) is 20.2 Å². The van der Waals surface area contributed by atoms with Crippen LogP contribution in [0.15, 0.2) is 42.7 Å². The second kappa shape index (κ2) is 7.78. The molecule has 2 heterocycles. The maximum atomic E-state index is 12.8. The van der Waals surface area contributed by atoms with E-state index < -0.39 is 5.41 Å². The molecule has 1 aromatic heterocycles. The smallest absolute Gasteiger partial charge is 0.255 e.